The zero-order valence-electron chi connectivity index (χ0n) is 26.8. The zero-order valence-corrected chi connectivity index (χ0v) is 26.8. The first kappa shape index (κ1) is 33.9. The van der Waals surface area contributed by atoms with Crippen LogP contribution in [0.1, 0.15) is 185 Å². The van der Waals surface area contributed by atoms with Gasteiger partial charge in [0, 0.05) is 28.1 Å². The highest BCUT2D eigenvalue weighted by atomic mass is 16.1. The van der Waals surface area contributed by atoms with Gasteiger partial charge in [-0.25, -0.2) is 0 Å². The minimum atomic E-state index is -0.133. The molecule has 42 heavy (non-hydrogen) atoms. The Morgan fingerprint density at radius 2 is 0.810 bits per heavy atom. The van der Waals surface area contributed by atoms with Crippen molar-refractivity contribution in [2.45, 2.75) is 155 Å². The molecule has 3 rings (SSSR count). The summed E-state index contributed by atoms with van der Waals surface area (Å²) >= 11 is 0. The highest BCUT2D eigenvalue weighted by molar-refractivity contribution is 6.31. The summed E-state index contributed by atoms with van der Waals surface area (Å²) in [7, 11) is 0. The third-order valence-electron chi connectivity index (χ3n) is 9.23. The second-order valence-electron chi connectivity index (χ2n) is 12.6. The summed E-state index contributed by atoms with van der Waals surface area (Å²) in [5.74, 6) is -0.238. The van der Waals surface area contributed by atoms with Crippen molar-refractivity contribution in [3.8, 4) is 0 Å². The van der Waals surface area contributed by atoms with Crippen molar-refractivity contribution in [3.63, 3.8) is 0 Å². The van der Waals surface area contributed by atoms with E-state index >= 15 is 0 Å². The molecule has 2 aromatic rings. The summed E-state index contributed by atoms with van der Waals surface area (Å²) in [6.45, 7) is 4.52. The lowest BCUT2D eigenvalue weighted by Gasteiger charge is -2.26. The number of nitrogen functional groups attached to an aromatic ring is 2. The predicted molar refractivity (Wildman–Crippen MR) is 180 cm³/mol. The molecule has 0 unspecified atom stereocenters. The van der Waals surface area contributed by atoms with E-state index in [1.54, 1.807) is 12.1 Å². The van der Waals surface area contributed by atoms with Crippen LogP contribution in [0.15, 0.2) is 24.3 Å². The maximum Gasteiger partial charge on any atom is 0.196 e. The van der Waals surface area contributed by atoms with E-state index in [1.807, 2.05) is 12.1 Å². The van der Waals surface area contributed by atoms with Crippen molar-refractivity contribution in [2.24, 2.45) is 0 Å². The highest BCUT2D eigenvalue weighted by Crippen LogP contribution is 2.40. The van der Waals surface area contributed by atoms with Crippen LogP contribution in [0.3, 0.4) is 0 Å². The number of ketones is 2. The van der Waals surface area contributed by atoms with Crippen LogP contribution >= 0.6 is 0 Å². The van der Waals surface area contributed by atoms with Gasteiger partial charge < -0.3 is 11.5 Å². The largest absolute Gasteiger partial charge is 0.398 e. The molecular formula is C38H58N2O2. The van der Waals surface area contributed by atoms with Gasteiger partial charge >= 0.3 is 0 Å². The Balaban J connectivity index is 1.65. The summed E-state index contributed by atoms with van der Waals surface area (Å²) < 4.78 is 0. The van der Waals surface area contributed by atoms with Gasteiger partial charge in [-0.3, -0.25) is 9.59 Å². The molecule has 0 bridgehead atoms. The molecule has 0 aromatic heterocycles. The minimum absolute atomic E-state index is 0.105. The number of carbonyl (C=O) groups excluding carboxylic acids is 2. The smallest absolute Gasteiger partial charge is 0.196 e. The molecule has 2 aromatic carbocycles. The lowest BCUT2D eigenvalue weighted by atomic mass is 9.77. The summed E-state index contributed by atoms with van der Waals surface area (Å²) in [6, 6.07) is 7.15. The van der Waals surface area contributed by atoms with Gasteiger partial charge in [0.1, 0.15) is 0 Å². The van der Waals surface area contributed by atoms with Crippen LogP contribution in [0, 0.1) is 0 Å². The Labute approximate surface area is 256 Å². The van der Waals surface area contributed by atoms with E-state index in [-0.39, 0.29) is 11.6 Å². The quantitative estimate of drug-likeness (QED) is 0.0923. The van der Waals surface area contributed by atoms with Crippen molar-refractivity contribution >= 4 is 22.9 Å². The Hall–Kier alpha value is -2.62. The van der Waals surface area contributed by atoms with Gasteiger partial charge in [0.05, 0.1) is 5.56 Å². The SMILES string of the molecule is CCCCCCCCCCCCc1c(N)c(CCCCCCCCCCCC)c2c(c1N)C(=O)c1ccccc1C2=O. The van der Waals surface area contributed by atoms with E-state index in [2.05, 4.69) is 13.8 Å². The molecule has 0 atom stereocenters. The molecule has 0 saturated carbocycles. The first-order valence-electron chi connectivity index (χ1n) is 17.4. The van der Waals surface area contributed by atoms with E-state index in [0.29, 0.717) is 33.6 Å². The van der Waals surface area contributed by atoms with E-state index < -0.39 is 0 Å². The van der Waals surface area contributed by atoms with E-state index in [0.717, 1.165) is 49.7 Å². The van der Waals surface area contributed by atoms with Crippen molar-refractivity contribution in [1.29, 1.82) is 0 Å². The number of anilines is 2. The van der Waals surface area contributed by atoms with E-state index in [4.69, 9.17) is 11.5 Å². The normalized spacial score (nSPS) is 12.5. The van der Waals surface area contributed by atoms with Crippen LogP contribution in [-0.2, 0) is 12.8 Å². The molecule has 4 nitrogen and oxygen atoms in total. The Morgan fingerprint density at radius 1 is 0.452 bits per heavy atom. The standard InChI is InChI=1S/C38H58N2O2/c1-3-5-7-9-11-13-15-17-19-21-27-31-33-34(38(42)30-26-24-23-25-29(30)37(33)41)36(40)32(35(31)39)28-22-20-18-16-14-12-10-8-6-4-2/h23-26H,3-22,27-28,39-40H2,1-2H3. The zero-order chi connectivity index (χ0) is 30.2. The number of unbranched alkanes of at least 4 members (excludes halogenated alkanes) is 18. The fourth-order valence-electron chi connectivity index (χ4n) is 6.64. The van der Waals surface area contributed by atoms with Gasteiger partial charge in [-0.15, -0.1) is 0 Å². The second-order valence-corrected chi connectivity index (χ2v) is 12.6. The van der Waals surface area contributed by atoms with Gasteiger partial charge in [0.15, 0.2) is 11.6 Å². The molecule has 1 aliphatic rings. The summed E-state index contributed by atoms with van der Waals surface area (Å²) in [4.78, 5) is 27.5. The lowest BCUT2D eigenvalue weighted by molar-refractivity contribution is 0.0979. The second kappa shape index (κ2) is 18.8. The van der Waals surface area contributed by atoms with Crippen LogP contribution in [-0.4, -0.2) is 11.6 Å². The fourth-order valence-corrected chi connectivity index (χ4v) is 6.64. The summed E-state index contributed by atoms with van der Waals surface area (Å²) in [6.07, 6.45) is 26.6. The molecule has 0 heterocycles. The number of nitrogens with two attached hydrogens (primary N) is 2. The number of carbonyl (C=O) groups is 2. The average Bonchev–Trinajstić information content (AvgIpc) is 3.00. The van der Waals surface area contributed by atoms with Gasteiger partial charge in [-0.05, 0) is 36.8 Å². The van der Waals surface area contributed by atoms with Crippen molar-refractivity contribution in [3.05, 3.63) is 57.6 Å². The average molecular weight is 575 g/mol. The van der Waals surface area contributed by atoms with Crippen LogP contribution in [0.4, 0.5) is 11.4 Å². The number of hydrogen-bond donors (Lipinski definition) is 2. The molecule has 0 radical (unpaired) electrons. The third kappa shape index (κ3) is 9.44. The molecule has 0 spiro atoms. The van der Waals surface area contributed by atoms with Crippen LogP contribution in [0.2, 0.25) is 0 Å². The van der Waals surface area contributed by atoms with E-state index in [1.165, 1.54) is 103 Å². The van der Waals surface area contributed by atoms with Crippen molar-refractivity contribution in [2.75, 3.05) is 11.5 Å². The number of hydrogen-bond acceptors (Lipinski definition) is 4. The summed E-state index contributed by atoms with van der Waals surface area (Å²) in [5, 5.41) is 0. The first-order chi connectivity index (χ1) is 20.5. The van der Waals surface area contributed by atoms with Crippen molar-refractivity contribution < 1.29 is 9.59 Å². The lowest BCUT2D eigenvalue weighted by Crippen LogP contribution is -2.26. The molecule has 1 aliphatic carbocycles. The Bertz CT molecular complexity index is 1140. The molecule has 0 saturated heterocycles. The number of rotatable bonds is 22. The molecule has 4 heteroatoms. The topological polar surface area (TPSA) is 86.2 Å². The third-order valence-corrected chi connectivity index (χ3v) is 9.23. The van der Waals surface area contributed by atoms with Gasteiger partial charge in [-0.2, -0.15) is 0 Å². The minimum Gasteiger partial charge on any atom is -0.398 e. The highest BCUT2D eigenvalue weighted by Gasteiger charge is 2.35. The molecule has 4 N–H and O–H groups in total. The Kier molecular flexibility index (Phi) is 15.2. The molecular weight excluding hydrogens is 516 g/mol. The maximum atomic E-state index is 13.8. The molecule has 0 aliphatic heterocycles. The molecule has 0 fully saturated rings. The van der Waals surface area contributed by atoms with Crippen LogP contribution in [0.25, 0.3) is 0 Å². The number of benzene rings is 2. The van der Waals surface area contributed by atoms with Gasteiger partial charge in [0.2, 0.25) is 0 Å². The van der Waals surface area contributed by atoms with Crippen LogP contribution in [0.5, 0.6) is 0 Å². The molecule has 232 valence electrons. The monoisotopic (exact) mass is 574 g/mol. The Morgan fingerprint density at radius 3 is 1.24 bits per heavy atom. The van der Waals surface area contributed by atoms with Gasteiger partial charge in [-0.1, -0.05) is 154 Å². The van der Waals surface area contributed by atoms with Crippen LogP contribution < -0.4 is 11.5 Å². The first-order valence-corrected chi connectivity index (χ1v) is 17.4. The molecule has 0 amide bonds. The maximum absolute atomic E-state index is 13.8. The summed E-state index contributed by atoms with van der Waals surface area (Å²) in [5.41, 5.74) is 18.2. The van der Waals surface area contributed by atoms with Crippen molar-refractivity contribution in [1.82, 2.24) is 0 Å². The van der Waals surface area contributed by atoms with Gasteiger partial charge in [0.25, 0.3) is 0 Å². The fraction of sp³-hybridized carbons (Fsp3) is 0.632. The van der Waals surface area contributed by atoms with E-state index in [9.17, 15) is 9.59 Å². The predicted octanol–water partition coefficient (Wildman–Crippen LogP) is 10.6. The number of fused-ring (bicyclic) bond motifs is 2.